The monoisotopic (exact) mass is 426 g/mol. The molecule has 1 aliphatic heterocycles. The normalized spacial score (nSPS) is 14.6. The van der Waals surface area contributed by atoms with Gasteiger partial charge in [-0.3, -0.25) is 4.79 Å². The van der Waals surface area contributed by atoms with Crippen molar-refractivity contribution in [1.82, 2.24) is 25.1 Å². The number of anilines is 1. The maximum atomic E-state index is 12.7. The third kappa shape index (κ3) is 4.06. The van der Waals surface area contributed by atoms with Gasteiger partial charge in [-0.25, -0.2) is 14.6 Å². The van der Waals surface area contributed by atoms with E-state index >= 15 is 0 Å². The molecule has 3 heterocycles. The summed E-state index contributed by atoms with van der Waals surface area (Å²) < 4.78 is 1.84. The van der Waals surface area contributed by atoms with Crippen molar-refractivity contribution in [2.45, 2.75) is 26.3 Å². The van der Waals surface area contributed by atoms with E-state index in [2.05, 4.69) is 56.5 Å². The van der Waals surface area contributed by atoms with E-state index in [1.54, 1.807) is 6.33 Å². The van der Waals surface area contributed by atoms with Gasteiger partial charge in [0.25, 0.3) is 0 Å². The minimum atomic E-state index is 0.0288. The lowest BCUT2D eigenvalue weighted by molar-refractivity contribution is -0.125. The molecule has 2 aromatic carbocycles. The predicted molar refractivity (Wildman–Crippen MR) is 125 cm³/mol. The standard InChI is InChI=1S/C25H26N6O/c1-18-7-9-19(10-8-18)15-26-25(32)20-11-13-30(14-12-20)23-22-16-29-31(24(22)28-17-27-23)21-5-3-2-4-6-21/h2-10,16-17,20H,11-15H2,1H3,(H,26,32). The molecule has 7 heteroatoms. The number of benzene rings is 2. The molecule has 0 aliphatic carbocycles. The summed E-state index contributed by atoms with van der Waals surface area (Å²) in [4.78, 5) is 24.0. The Bertz CT molecular complexity index is 1210. The SMILES string of the molecule is Cc1ccc(CNC(=O)C2CCN(c3ncnc4c3cnn4-c3ccccc3)CC2)cc1. The lowest BCUT2D eigenvalue weighted by Crippen LogP contribution is -2.40. The van der Waals surface area contributed by atoms with Crippen molar-refractivity contribution in [2.24, 2.45) is 5.92 Å². The highest BCUT2D eigenvalue weighted by atomic mass is 16.1. The third-order valence-corrected chi connectivity index (χ3v) is 6.10. The molecular weight excluding hydrogens is 400 g/mol. The molecule has 1 amide bonds. The fraction of sp³-hybridized carbons (Fsp3) is 0.280. The molecule has 32 heavy (non-hydrogen) atoms. The number of rotatable bonds is 5. The molecule has 2 aromatic heterocycles. The van der Waals surface area contributed by atoms with Gasteiger partial charge in [-0.2, -0.15) is 5.10 Å². The number of hydrogen-bond acceptors (Lipinski definition) is 5. The summed E-state index contributed by atoms with van der Waals surface area (Å²) in [6.45, 7) is 4.20. The Kier molecular flexibility index (Phi) is 5.54. The second kappa shape index (κ2) is 8.78. The molecule has 1 saturated heterocycles. The van der Waals surface area contributed by atoms with E-state index in [1.807, 2.05) is 41.2 Å². The average Bonchev–Trinajstić information content (AvgIpc) is 3.28. The summed E-state index contributed by atoms with van der Waals surface area (Å²) in [5, 5.41) is 8.57. The van der Waals surface area contributed by atoms with Crippen molar-refractivity contribution >= 4 is 22.8 Å². The van der Waals surface area contributed by atoms with Crippen molar-refractivity contribution in [3.05, 3.63) is 78.2 Å². The summed E-state index contributed by atoms with van der Waals surface area (Å²) in [6.07, 6.45) is 5.04. The van der Waals surface area contributed by atoms with Crippen LogP contribution in [0.15, 0.2) is 67.1 Å². The second-order valence-electron chi connectivity index (χ2n) is 8.29. The molecule has 0 spiro atoms. The lowest BCUT2D eigenvalue weighted by Gasteiger charge is -2.32. The highest BCUT2D eigenvalue weighted by Gasteiger charge is 2.27. The molecule has 0 unspecified atom stereocenters. The summed E-state index contributed by atoms with van der Waals surface area (Å²) in [7, 11) is 0. The summed E-state index contributed by atoms with van der Waals surface area (Å²) in [5.74, 6) is 1.05. The molecule has 1 N–H and O–H groups in total. The minimum absolute atomic E-state index is 0.0288. The molecule has 162 valence electrons. The van der Waals surface area contributed by atoms with Crippen molar-refractivity contribution in [1.29, 1.82) is 0 Å². The van der Waals surface area contributed by atoms with Crippen LogP contribution in [0.2, 0.25) is 0 Å². The van der Waals surface area contributed by atoms with Gasteiger partial charge < -0.3 is 10.2 Å². The van der Waals surface area contributed by atoms with Gasteiger partial charge in [0.15, 0.2) is 5.65 Å². The summed E-state index contributed by atoms with van der Waals surface area (Å²) in [6, 6.07) is 18.2. The van der Waals surface area contributed by atoms with E-state index in [-0.39, 0.29) is 11.8 Å². The predicted octanol–water partition coefficient (Wildman–Crippen LogP) is 3.66. The Morgan fingerprint density at radius 3 is 2.53 bits per heavy atom. The number of fused-ring (bicyclic) bond motifs is 1. The first-order valence-corrected chi connectivity index (χ1v) is 11.0. The molecule has 1 aliphatic rings. The first-order chi connectivity index (χ1) is 15.7. The van der Waals surface area contributed by atoms with E-state index in [1.165, 1.54) is 5.56 Å². The van der Waals surface area contributed by atoms with Crippen LogP contribution in [0.5, 0.6) is 0 Å². The minimum Gasteiger partial charge on any atom is -0.356 e. The molecule has 0 radical (unpaired) electrons. The van der Waals surface area contributed by atoms with Gasteiger partial charge in [0.1, 0.15) is 12.1 Å². The number of hydrogen-bond donors (Lipinski definition) is 1. The van der Waals surface area contributed by atoms with Crippen LogP contribution in [0, 0.1) is 12.8 Å². The first kappa shape index (κ1) is 20.2. The maximum Gasteiger partial charge on any atom is 0.223 e. The van der Waals surface area contributed by atoms with Crippen LogP contribution in [0.25, 0.3) is 16.7 Å². The molecule has 0 bridgehead atoms. The van der Waals surface area contributed by atoms with Crippen molar-refractivity contribution < 1.29 is 4.79 Å². The number of nitrogens with one attached hydrogen (secondary N) is 1. The average molecular weight is 427 g/mol. The number of nitrogens with zero attached hydrogens (tertiary/aromatic N) is 5. The van der Waals surface area contributed by atoms with Crippen LogP contribution in [0.4, 0.5) is 5.82 Å². The Hall–Kier alpha value is -3.74. The fourth-order valence-electron chi connectivity index (χ4n) is 4.23. The van der Waals surface area contributed by atoms with E-state index in [4.69, 9.17) is 0 Å². The molecule has 5 rings (SSSR count). The smallest absolute Gasteiger partial charge is 0.223 e. The number of carbonyl (C=O) groups is 1. The van der Waals surface area contributed by atoms with Crippen LogP contribution in [-0.4, -0.2) is 38.7 Å². The van der Waals surface area contributed by atoms with Crippen LogP contribution in [0.3, 0.4) is 0 Å². The number of aryl methyl sites for hydroxylation is 1. The summed E-state index contributed by atoms with van der Waals surface area (Å²) >= 11 is 0. The Labute approximate surface area is 187 Å². The zero-order chi connectivity index (χ0) is 21.9. The van der Waals surface area contributed by atoms with Gasteiger partial charge in [-0.15, -0.1) is 0 Å². The topological polar surface area (TPSA) is 75.9 Å². The molecule has 7 nitrogen and oxygen atoms in total. The van der Waals surface area contributed by atoms with Crippen molar-refractivity contribution in [3.63, 3.8) is 0 Å². The van der Waals surface area contributed by atoms with Crippen molar-refractivity contribution in [2.75, 3.05) is 18.0 Å². The molecule has 0 atom stereocenters. The number of para-hydroxylation sites is 1. The Balaban J connectivity index is 1.25. The number of piperidine rings is 1. The van der Waals surface area contributed by atoms with E-state index < -0.39 is 0 Å². The van der Waals surface area contributed by atoms with Crippen LogP contribution >= 0.6 is 0 Å². The molecule has 0 saturated carbocycles. The van der Waals surface area contributed by atoms with E-state index in [0.717, 1.165) is 54.0 Å². The van der Waals surface area contributed by atoms with Crippen molar-refractivity contribution in [3.8, 4) is 5.69 Å². The van der Waals surface area contributed by atoms with E-state index in [0.29, 0.717) is 6.54 Å². The zero-order valence-electron chi connectivity index (χ0n) is 18.1. The van der Waals surface area contributed by atoms with Gasteiger partial charge in [-0.1, -0.05) is 48.0 Å². The number of amides is 1. The Morgan fingerprint density at radius 1 is 1.03 bits per heavy atom. The fourth-order valence-corrected chi connectivity index (χ4v) is 4.23. The Morgan fingerprint density at radius 2 is 1.78 bits per heavy atom. The highest BCUT2D eigenvalue weighted by molar-refractivity contribution is 5.88. The van der Waals surface area contributed by atoms with E-state index in [9.17, 15) is 4.79 Å². The van der Waals surface area contributed by atoms with Gasteiger partial charge in [-0.05, 0) is 37.5 Å². The molecule has 1 fully saturated rings. The number of aromatic nitrogens is 4. The molecular formula is C25H26N6O. The van der Waals surface area contributed by atoms with Gasteiger partial charge >= 0.3 is 0 Å². The maximum absolute atomic E-state index is 12.7. The molecule has 4 aromatic rings. The van der Waals surface area contributed by atoms with Crippen LogP contribution in [-0.2, 0) is 11.3 Å². The zero-order valence-corrected chi connectivity index (χ0v) is 18.1. The third-order valence-electron chi connectivity index (χ3n) is 6.10. The first-order valence-electron chi connectivity index (χ1n) is 11.0. The lowest BCUT2D eigenvalue weighted by atomic mass is 9.95. The van der Waals surface area contributed by atoms with Gasteiger partial charge in [0.2, 0.25) is 5.91 Å². The number of carbonyl (C=O) groups excluding carboxylic acids is 1. The van der Waals surface area contributed by atoms with Crippen LogP contribution in [0.1, 0.15) is 24.0 Å². The second-order valence-corrected chi connectivity index (χ2v) is 8.29. The quantitative estimate of drug-likeness (QED) is 0.527. The summed E-state index contributed by atoms with van der Waals surface area (Å²) in [5.41, 5.74) is 4.11. The highest BCUT2D eigenvalue weighted by Crippen LogP contribution is 2.28. The van der Waals surface area contributed by atoms with Gasteiger partial charge in [0.05, 0.1) is 17.3 Å². The largest absolute Gasteiger partial charge is 0.356 e. The van der Waals surface area contributed by atoms with Gasteiger partial charge in [0, 0.05) is 25.6 Å². The van der Waals surface area contributed by atoms with Crippen LogP contribution < -0.4 is 10.2 Å².